The first-order chi connectivity index (χ1) is 7.80. The van der Waals surface area contributed by atoms with E-state index in [0.717, 1.165) is 0 Å². The van der Waals surface area contributed by atoms with E-state index in [1.54, 1.807) is 26.0 Å². The average molecular weight is 278 g/mol. The zero-order valence-electron chi connectivity index (χ0n) is 10.0. The van der Waals surface area contributed by atoms with Crippen molar-refractivity contribution in [3.8, 4) is 5.75 Å². The van der Waals surface area contributed by atoms with Gasteiger partial charge in [-0.1, -0.05) is 0 Å². The van der Waals surface area contributed by atoms with Crippen LogP contribution in [0.5, 0.6) is 5.75 Å². The second-order valence-electron chi connectivity index (χ2n) is 4.30. The van der Waals surface area contributed by atoms with E-state index in [0.29, 0.717) is 5.75 Å². The molecule has 96 valence electrons. The molecule has 6 heteroatoms. The number of ether oxygens (including phenoxy) is 1. The van der Waals surface area contributed by atoms with Crippen molar-refractivity contribution in [3.05, 3.63) is 24.3 Å². The molecular weight excluding hydrogens is 262 g/mol. The van der Waals surface area contributed by atoms with Crippen LogP contribution in [0.25, 0.3) is 0 Å². The molecule has 0 heterocycles. The quantitative estimate of drug-likeness (QED) is 0.838. The Morgan fingerprint density at radius 2 is 1.82 bits per heavy atom. The monoisotopic (exact) mass is 277 g/mol. The summed E-state index contributed by atoms with van der Waals surface area (Å²) in [6.45, 7) is 3.45. The van der Waals surface area contributed by atoms with Crippen LogP contribution in [0, 0.1) is 0 Å². The molecule has 1 rings (SSSR count). The van der Waals surface area contributed by atoms with Crippen molar-refractivity contribution in [1.82, 2.24) is 4.72 Å². The van der Waals surface area contributed by atoms with Crippen LogP contribution in [0.15, 0.2) is 29.2 Å². The molecule has 0 aliphatic rings. The van der Waals surface area contributed by atoms with E-state index in [2.05, 4.69) is 4.72 Å². The van der Waals surface area contributed by atoms with Gasteiger partial charge in [0.2, 0.25) is 10.0 Å². The van der Waals surface area contributed by atoms with Gasteiger partial charge < -0.3 is 4.74 Å². The van der Waals surface area contributed by atoms with Crippen LogP contribution in [0.1, 0.15) is 13.8 Å². The Morgan fingerprint density at radius 3 is 2.24 bits per heavy atom. The Balaban J connectivity index is 2.97. The largest absolute Gasteiger partial charge is 0.497 e. The van der Waals surface area contributed by atoms with E-state index in [1.807, 2.05) is 0 Å². The number of hydrogen-bond donors (Lipinski definition) is 1. The second-order valence-corrected chi connectivity index (χ2v) is 6.25. The van der Waals surface area contributed by atoms with E-state index in [1.165, 1.54) is 19.2 Å². The summed E-state index contributed by atoms with van der Waals surface area (Å²) in [5.74, 6) is 0.808. The van der Waals surface area contributed by atoms with Crippen LogP contribution in [0.2, 0.25) is 0 Å². The Kier molecular flexibility index (Phi) is 4.41. The third-order valence-electron chi connectivity index (χ3n) is 2.11. The topological polar surface area (TPSA) is 55.4 Å². The molecule has 0 atom stereocenters. The molecule has 0 fully saturated rings. The minimum Gasteiger partial charge on any atom is -0.497 e. The third-order valence-corrected chi connectivity index (χ3v) is 4.50. The molecule has 4 nitrogen and oxygen atoms in total. The summed E-state index contributed by atoms with van der Waals surface area (Å²) in [5.41, 5.74) is -0.680. The van der Waals surface area contributed by atoms with Crippen molar-refractivity contribution in [1.29, 1.82) is 0 Å². The van der Waals surface area contributed by atoms with E-state index in [-0.39, 0.29) is 10.8 Å². The first-order valence-electron chi connectivity index (χ1n) is 5.05. The van der Waals surface area contributed by atoms with Gasteiger partial charge in [0.1, 0.15) is 5.75 Å². The molecule has 1 aromatic carbocycles. The van der Waals surface area contributed by atoms with Gasteiger partial charge in [0, 0.05) is 11.4 Å². The van der Waals surface area contributed by atoms with Gasteiger partial charge in [0.15, 0.2) is 0 Å². The van der Waals surface area contributed by atoms with Crippen molar-refractivity contribution in [3.63, 3.8) is 0 Å². The lowest BCUT2D eigenvalue weighted by molar-refractivity contribution is 0.414. The summed E-state index contributed by atoms with van der Waals surface area (Å²) in [5, 5.41) is 0. The Bertz CT molecular complexity index is 468. The Hall–Kier alpha value is -0.780. The minimum absolute atomic E-state index is 0.191. The summed E-state index contributed by atoms with van der Waals surface area (Å²) in [4.78, 5) is 0.191. The van der Waals surface area contributed by atoms with Gasteiger partial charge in [-0.25, -0.2) is 13.1 Å². The zero-order chi connectivity index (χ0) is 13.1. The van der Waals surface area contributed by atoms with Crippen molar-refractivity contribution in [2.24, 2.45) is 0 Å². The van der Waals surface area contributed by atoms with Gasteiger partial charge in [-0.3, -0.25) is 0 Å². The van der Waals surface area contributed by atoms with Crippen LogP contribution < -0.4 is 9.46 Å². The fraction of sp³-hybridized carbons (Fsp3) is 0.455. The van der Waals surface area contributed by atoms with Crippen LogP contribution in [0.4, 0.5) is 0 Å². The summed E-state index contributed by atoms with van der Waals surface area (Å²) in [6.07, 6.45) is 0. The van der Waals surface area contributed by atoms with E-state index in [4.69, 9.17) is 16.3 Å². The molecule has 0 spiro atoms. The predicted molar refractivity (Wildman–Crippen MR) is 68.1 cm³/mol. The number of benzene rings is 1. The number of methoxy groups -OCH3 is 1. The maximum atomic E-state index is 12.0. The number of alkyl halides is 1. The highest BCUT2D eigenvalue weighted by Gasteiger charge is 2.25. The Morgan fingerprint density at radius 1 is 1.29 bits per heavy atom. The van der Waals surface area contributed by atoms with Gasteiger partial charge in [0.05, 0.1) is 12.0 Å². The molecule has 0 unspecified atom stereocenters. The fourth-order valence-corrected chi connectivity index (χ4v) is 2.76. The maximum absolute atomic E-state index is 12.0. The normalized spacial score (nSPS) is 12.5. The summed E-state index contributed by atoms with van der Waals surface area (Å²) in [6, 6.07) is 6.18. The molecule has 0 bridgehead atoms. The van der Waals surface area contributed by atoms with Crippen LogP contribution >= 0.6 is 11.6 Å². The summed E-state index contributed by atoms with van der Waals surface area (Å²) < 4.78 is 31.5. The highest BCUT2D eigenvalue weighted by atomic mass is 35.5. The van der Waals surface area contributed by atoms with Gasteiger partial charge in [-0.2, -0.15) is 0 Å². The first-order valence-corrected chi connectivity index (χ1v) is 7.06. The molecule has 0 aliphatic carbocycles. The van der Waals surface area contributed by atoms with Gasteiger partial charge >= 0.3 is 0 Å². The zero-order valence-corrected chi connectivity index (χ0v) is 11.6. The van der Waals surface area contributed by atoms with E-state index in [9.17, 15) is 8.42 Å². The molecule has 17 heavy (non-hydrogen) atoms. The second kappa shape index (κ2) is 5.25. The highest BCUT2D eigenvalue weighted by Crippen LogP contribution is 2.17. The lowest BCUT2D eigenvalue weighted by Crippen LogP contribution is -2.44. The highest BCUT2D eigenvalue weighted by molar-refractivity contribution is 7.89. The molecule has 0 saturated carbocycles. The third kappa shape index (κ3) is 3.87. The Labute approximate surface area is 107 Å². The molecule has 1 aromatic rings. The summed E-state index contributed by atoms with van der Waals surface area (Å²) >= 11 is 5.69. The first kappa shape index (κ1) is 14.3. The summed E-state index contributed by atoms with van der Waals surface area (Å²) in [7, 11) is -2.02. The van der Waals surface area contributed by atoms with Crippen molar-refractivity contribution < 1.29 is 13.2 Å². The van der Waals surface area contributed by atoms with Gasteiger partial charge in [-0.05, 0) is 38.1 Å². The molecular formula is C11H16ClNO3S. The van der Waals surface area contributed by atoms with E-state index < -0.39 is 15.6 Å². The van der Waals surface area contributed by atoms with Gasteiger partial charge in [-0.15, -0.1) is 11.6 Å². The minimum atomic E-state index is -3.55. The standard InChI is InChI=1S/C11H16ClNO3S/c1-11(2,8-12)13-17(14,15)10-6-4-9(16-3)5-7-10/h4-7,13H,8H2,1-3H3. The molecule has 1 N–H and O–H groups in total. The molecule has 0 saturated heterocycles. The molecule has 0 aliphatic heterocycles. The SMILES string of the molecule is COc1ccc(S(=O)(=O)NC(C)(C)CCl)cc1. The van der Waals surface area contributed by atoms with Crippen molar-refractivity contribution in [2.45, 2.75) is 24.3 Å². The van der Waals surface area contributed by atoms with Crippen LogP contribution in [0.3, 0.4) is 0 Å². The lowest BCUT2D eigenvalue weighted by Gasteiger charge is -2.22. The number of nitrogens with one attached hydrogen (secondary N) is 1. The van der Waals surface area contributed by atoms with Crippen LogP contribution in [-0.4, -0.2) is 26.9 Å². The average Bonchev–Trinajstić information content (AvgIpc) is 2.28. The molecule has 0 aromatic heterocycles. The van der Waals surface area contributed by atoms with Gasteiger partial charge in [0.25, 0.3) is 0 Å². The van der Waals surface area contributed by atoms with Crippen molar-refractivity contribution in [2.75, 3.05) is 13.0 Å². The number of rotatable bonds is 5. The fourth-order valence-electron chi connectivity index (χ4n) is 1.20. The maximum Gasteiger partial charge on any atom is 0.241 e. The molecule has 0 radical (unpaired) electrons. The predicted octanol–water partition coefficient (Wildman–Crippen LogP) is 1.99. The lowest BCUT2D eigenvalue weighted by atomic mass is 10.1. The van der Waals surface area contributed by atoms with Crippen LogP contribution in [-0.2, 0) is 10.0 Å². The smallest absolute Gasteiger partial charge is 0.241 e. The van der Waals surface area contributed by atoms with Crippen molar-refractivity contribution >= 4 is 21.6 Å². The molecule has 0 amide bonds. The number of halogens is 1. The number of hydrogen-bond acceptors (Lipinski definition) is 3. The number of sulfonamides is 1. The van der Waals surface area contributed by atoms with E-state index >= 15 is 0 Å².